The molecule has 2 aromatic rings. The van der Waals surface area contributed by atoms with Crippen LogP contribution in [0.1, 0.15) is 18.3 Å². The number of fused-ring (bicyclic) bond motifs is 1. The number of nitrogens with zero attached hydrogens (tertiary/aromatic N) is 5. The number of ether oxygens (including phenoxy) is 1. The zero-order valence-electron chi connectivity index (χ0n) is 12.0. The van der Waals surface area contributed by atoms with Crippen molar-refractivity contribution in [1.29, 1.82) is 0 Å². The van der Waals surface area contributed by atoms with Gasteiger partial charge in [0.15, 0.2) is 0 Å². The average molecular weight is 293 g/mol. The molecule has 1 aliphatic rings. The van der Waals surface area contributed by atoms with Gasteiger partial charge in [-0.15, -0.1) is 5.10 Å². The van der Waals surface area contributed by atoms with Gasteiger partial charge in [-0.2, -0.15) is 0 Å². The molecule has 6 nitrogen and oxygen atoms in total. The highest BCUT2D eigenvalue weighted by Crippen LogP contribution is 2.10. The summed E-state index contributed by atoms with van der Waals surface area (Å²) in [6.07, 6.45) is 0.261. The molecule has 1 saturated heterocycles. The first-order valence-electron chi connectivity index (χ1n) is 6.82. The van der Waals surface area contributed by atoms with Crippen LogP contribution < -0.4 is 0 Å². The molecule has 20 heavy (non-hydrogen) atoms. The van der Waals surface area contributed by atoms with E-state index in [9.17, 15) is 0 Å². The Morgan fingerprint density at radius 1 is 1.45 bits per heavy atom. The zero-order chi connectivity index (χ0) is 14.3. The lowest BCUT2D eigenvalue weighted by Crippen LogP contribution is -2.42. The molecule has 108 valence electrons. The van der Waals surface area contributed by atoms with Crippen LogP contribution in [-0.2, 0) is 11.4 Å². The van der Waals surface area contributed by atoms with E-state index >= 15 is 0 Å². The molecule has 0 spiro atoms. The average Bonchev–Trinajstić information content (AvgIpc) is 2.66. The van der Waals surface area contributed by atoms with Crippen LogP contribution in [0.2, 0.25) is 0 Å². The van der Waals surface area contributed by atoms with Crippen LogP contribution in [0, 0.1) is 18.6 Å². The quantitative estimate of drug-likeness (QED) is 0.786. The van der Waals surface area contributed by atoms with Crippen LogP contribution in [0.3, 0.4) is 0 Å². The van der Waals surface area contributed by atoms with Gasteiger partial charge in [0.05, 0.1) is 19.4 Å². The second-order valence-electron chi connectivity index (χ2n) is 5.36. The maximum atomic E-state index is 5.55. The number of morpholine rings is 1. The first-order chi connectivity index (χ1) is 9.54. The molecule has 7 heteroatoms. The van der Waals surface area contributed by atoms with Crippen molar-refractivity contribution in [1.82, 2.24) is 24.1 Å². The summed E-state index contributed by atoms with van der Waals surface area (Å²) in [5.41, 5.74) is 2.03. The van der Waals surface area contributed by atoms with E-state index in [1.807, 2.05) is 29.0 Å². The summed E-state index contributed by atoms with van der Waals surface area (Å²) < 4.78 is 10.0. The molecule has 0 amide bonds. The number of hydrogen-bond donors (Lipinski definition) is 0. The monoisotopic (exact) mass is 293 g/mol. The molecule has 0 bridgehead atoms. The molecule has 0 saturated carbocycles. The van der Waals surface area contributed by atoms with Gasteiger partial charge in [-0.25, -0.2) is 9.67 Å². The summed E-state index contributed by atoms with van der Waals surface area (Å²) in [6.45, 7) is 9.35. The smallest absolute Gasteiger partial charge is 0.254 e. The van der Waals surface area contributed by atoms with Crippen LogP contribution in [-0.4, -0.2) is 49.9 Å². The summed E-state index contributed by atoms with van der Waals surface area (Å²) >= 11 is 5.52. The molecule has 3 rings (SSSR count). The summed E-state index contributed by atoms with van der Waals surface area (Å²) in [5.74, 6) is 0.675. The van der Waals surface area contributed by atoms with Crippen molar-refractivity contribution >= 4 is 18.0 Å². The maximum Gasteiger partial charge on any atom is 0.254 e. The van der Waals surface area contributed by atoms with Gasteiger partial charge in [0.1, 0.15) is 0 Å². The molecule has 1 aliphatic heterocycles. The fraction of sp³-hybridized carbons (Fsp3) is 0.615. The van der Waals surface area contributed by atoms with E-state index in [1.54, 1.807) is 0 Å². The molecule has 0 N–H and O–H groups in total. The van der Waals surface area contributed by atoms with E-state index in [-0.39, 0.29) is 6.10 Å². The molecule has 0 aromatic carbocycles. The molecule has 0 radical (unpaired) electrons. The number of rotatable bonds is 2. The predicted octanol–water partition coefficient (Wildman–Crippen LogP) is 1.56. The Kier molecular flexibility index (Phi) is 3.57. The van der Waals surface area contributed by atoms with E-state index in [4.69, 9.17) is 17.0 Å². The van der Waals surface area contributed by atoms with Gasteiger partial charge >= 0.3 is 0 Å². The lowest BCUT2D eigenvalue weighted by molar-refractivity contribution is -0.0306. The van der Waals surface area contributed by atoms with Crippen molar-refractivity contribution in [2.45, 2.75) is 33.5 Å². The minimum Gasteiger partial charge on any atom is -0.376 e. The first-order valence-corrected chi connectivity index (χ1v) is 7.23. The molecule has 1 atom stereocenters. The van der Waals surface area contributed by atoms with Crippen LogP contribution in [0.5, 0.6) is 0 Å². The van der Waals surface area contributed by atoms with Gasteiger partial charge < -0.3 is 4.74 Å². The lowest BCUT2D eigenvalue weighted by Gasteiger charge is -2.30. The highest BCUT2D eigenvalue weighted by Gasteiger charge is 2.18. The van der Waals surface area contributed by atoms with Gasteiger partial charge in [-0.1, -0.05) is 0 Å². The van der Waals surface area contributed by atoms with Crippen molar-refractivity contribution in [3.8, 4) is 0 Å². The molecular formula is C13H19N5OS. The van der Waals surface area contributed by atoms with Gasteiger partial charge in [-0.3, -0.25) is 9.30 Å². The Labute approximate surface area is 123 Å². The summed E-state index contributed by atoms with van der Waals surface area (Å²) in [5, 5.41) is 4.53. The molecule has 1 fully saturated rings. The van der Waals surface area contributed by atoms with E-state index in [0.717, 1.165) is 31.1 Å². The van der Waals surface area contributed by atoms with Gasteiger partial charge in [0.2, 0.25) is 4.77 Å². The Morgan fingerprint density at radius 3 is 3.00 bits per heavy atom. The van der Waals surface area contributed by atoms with Crippen LogP contribution in [0.15, 0.2) is 6.07 Å². The SMILES string of the molecule is Cc1cc(C)n2c(=S)n(CN3CCOC(C)C3)nc2n1. The Morgan fingerprint density at radius 2 is 2.25 bits per heavy atom. The molecule has 2 aromatic heterocycles. The first kappa shape index (κ1) is 13.7. The van der Waals surface area contributed by atoms with Crippen molar-refractivity contribution < 1.29 is 4.74 Å². The Bertz CT molecular complexity index is 692. The largest absolute Gasteiger partial charge is 0.376 e. The topological polar surface area (TPSA) is 47.6 Å². The third kappa shape index (κ3) is 2.48. The van der Waals surface area contributed by atoms with Crippen molar-refractivity contribution in [2.75, 3.05) is 19.7 Å². The normalized spacial score (nSPS) is 20.6. The standard InChI is InChI=1S/C13H19N5OS/c1-9-6-10(2)18-12(14-9)15-17(13(18)20)8-16-4-5-19-11(3)7-16/h6,11H,4-5,7-8H2,1-3H3. The molecule has 3 heterocycles. The third-order valence-electron chi connectivity index (χ3n) is 3.53. The highest BCUT2D eigenvalue weighted by atomic mass is 32.1. The van der Waals surface area contributed by atoms with E-state index in [2.05, 4.69) is 21.9 Å². The van der Waals surface area contributed by atoms with Gasteiger partial charge in [-0.05, 0) is 39.1 Å². The van der Waals surface area contributed by atoms with E-state index in [0.29, 0.717) is 17.2 Å². The summed E-state index contributed by atoms with van der Waals surface area (Å²) in [6, 6.07) is 2.02. The highest BCUT2D eigenvalue weighted by molar-refractivity contribution is 7.71. The molecular weight excluding hydrogens is 274 g/mol. The predicted molar refractivity (Wildman–Crippen MR) is 78.3 cm³/mol. The van der Waals surface area contributed by atoms with E-state index in [1.165, 1.54) is 0 Å². The Hall–Kier alpha value is -1.31. The number of aryl methyl sites for hydroxylation is 2. The van der Waals surface area contributed by atoms with Gasteiger partial charge in [0.25, 0.3) is 5.78 Å². The maximum absolute atomic E-state index is 5.55. The fourth-order valence-corrected chi connectivity index (χ4v) is 2.96. The second-order valence-corrected chi connectivity index (χ2v) is 5.72. The number of hydrogen-bond acceptors (Lipinski definition) is 5. The van der Waals surface area contributed by atoms with Crippen molar-refractivity contribution in [3.05, 3.63) is 22.2 Å². The van der Waals surface area contributed by atoms with Gasteiger partial charge in [0, 0.05) is 24.5 Å². The van der Waals surface area contributed by atoms with Crippen molar-refractivity contribution in [2.24, 2.45) is 0 Å². The van der Waals surface area contributed by atoms with Crippen LogP contribution >= 0.6 is 12.2 Å². The fourth-order valence-electron chi connectivity index (χ4n) is 2.63. The van der Waals surface area contributed by atoms with E-state index < -0.39 is 0 Å². The Balaban J connectivity index is 1.94. The minimum absolute atomic E-state index is 0.261. The molecule has 0 aliphatic carbocycles. The third-order valence-corrected chi connectivity index (χ3v) is 3.92. The van der Waals surface area contributed by atoms with Crippen LogP contribution in [0.25, 0.3) is 5.78 Å². The lowest BCUT2D eigenvalue weighted by atomic mass is 10.3. The second kappa shape index (κ2) is 5.23. The minimum atomic E-state index is 0.261. The summed E-state index contributed by atoms with van der Waals surface area (Å²) in [4.78, 5) is 6.75. The summed E-state index contributed by atoms with van der Waals surface area (Å²) in [7, 11) is 0. The zero-order valence-corrected chi connectivity index (χ0v) is 12.9. The molecule has 1 unspecified atom stereocenters. The van der Waals surface area contributed by atoms with Crippen molar-refractivity contribution in [3.63, 3.8) is 0 Å². The number of aromatic nitrogens is 4. The van der Waals surface area contributed by atoms with Crippen LogP contribution in [0.4, 0.5) is 0 Å².